The molecule has 0 fully saturated rings. The number of thioether (sulfide) groups is 1. The van der Waals surface area contributed by atoms with E-state index in [-0.39, 0.29) is 11.8 Å². The van der Waals surface area contributed by atoms with E-state index in [2.05, 4.69) is 10.3 Å². The minimum atomic E-state index is -0.145. The molecule has 5 nitrogen and oxygen atoms in total. The standard InChI is InChI=1S/C22H19N3O2S/c26-21-15-28-20-7-2-1-6-19(20)25(21)14-16-8-10-17(11-9-16)22(27)24-13-18-5-3-4-12-23-18/h1-12H,13-15H2,(H,24,27). The topological polar surface area (TPSA) is 62.3 Å². The van der Waals surface area contributed by atoms with E-state index >= 15 is 0 Å². The summed E-state index contributed by atoms with van der Waals surface area (Å²) < 4.78 is 0. The van der Waals surface area contributed by atoms with Gasteiger partial charge >= 0.3 is 0 Å². The molecule has 1 N–H and O–H groups in total. The number of nitrogens with one attached hydrogen (secondary N) is 1. The number of anilines is 1. The summed E-state index contributed by atoms with van der Waals surface area (Å²) in [6.45, 7) is 0.879. The smallest absolute Gasteiger partial charge is 0.251 e. The van der Waals surface area contributed by atoms with Gasteiger partial charge in [0.05, 0.1) is 30.2 Å². The minimum absolute atomic E-state index is 0.0980. The summed E-state index contributed by atoms with van der Waals surface area (Å²) in [5.74, 6) is 0.402. The first-order valence-electron chi connectivity index (χ1n) is 9.00. The average molecular weight is 389 g/mol. The van der Waals surface area contributed by atoms with Gasteiger partial charge in [0.2, 0.25) is 5.91 Å². The average Bonchev–Trinajstić information content (AvgIpc) is 2.75. The first-order valence-corrected chi connectivity index (χ1v) is 9.98. The molecule has 2 aromatic carbocycles. The van der Waals surface area contributed by atoms with Crippen molar-refractivity contribution in [3.8, 4) is 0 Å². The van der Waals surface area contributed by atoms with Crippen LogP contribution in [-0.2, 0) is 17.9 Å². The Bertz CT molecular complexity index is 990. The van der Waals surface area contributed by atoms with Crippen LogP contribution in [0.1, 0.15) is 21.6 Å². The largest absolute Gasteiger partial charge is 0.346 e. The van der Waals surface area contributed by atoms with Crippen molar-refractivity contribution in [2.24, 2.45) is 0 Å². The van der Waals surface area contributed by atoms with Gasteiger partial charge in [-0.25, -0.2) is 0 Å². The van der Waals surface area contributed by atoms with Crippen LogP contribution in [0.4, 0.5) is 5.69 Å². The summed E-state index contributed by atoms with van der Waals surface area (Å²) in [6, 6.07) is 20.9. The van der Waals surface area contributed by atoms with Crippen LogP contribution in [0.2, 0.25) is 0 Å². The maximum Gasteiger partial charge on any atom is 0.251 e. The number of benzene rings is 2. The molecular weight excluding hydrogens is 370 g/mol. The Hall–Kier alpha value is -3.12. The Morgan fingerprint density at radius 3 is 2.61 bits per heavy atom. The van der Waals surface area contributed by atoms with E-state index in [0.29, 0.717) is 24.4 Å². The molecule has 3 aromatic rings. The van der Waals surface area contributed by atoms with Crippen LogP contribution in [-0.4, -0.2) is 22.6 Å². The summed E-state index contributed by atoms with van der Waals surface area (Å²) in [4.78, 5) is 31.8. The molecule has 0 saturated heterocycles. The molecule has 0 aliphatic carbocycles. The van der Waals surface area contributed by atoms with Crippen molar-refractivity contribution in [3.05, 3.63) is 89.7 Å². The monoisotopic (exact) mass is 389 g/mol. The molecule has 0 saturated carbocycles. The van der Waals surface area contributed by atoms with Crippen LogP contribution in [0.3, 0.4) is 0 Å². The quantitative estimate of drug-likeness (QED) is 0.724. The summed E-state index contributed by atoms with van der Waals surface area (Å²) in [7, 11) is 0. The Labute approximate surface area is 167 Å². The van der Waals surface area contributed by atoms with Crippen molar-refractivity contribution >= 4 is 29.3 Å². The number of carbonyl (C=O) groups excluding carboxylic acids is 2. The van der Waals surface area contributed by atoms with Crippen LogP contribution in [0.25, 0.3) is 0 Å². The number of hydrogen-bond acceptors (Lipinski definition) is 4. The van der Waals surface area contributed by atoms with Gasteiger partial charge in [0, 0.05) is 16.7 Å². The Morgan fingerprint density at radius 2 is 1.82 bits per heavy atom. The Balaban J connectivity index is 1.42. The third kappa shape index (κ3) is 4.07. The molecule has 0 atom stereocenters. The molecular formula is C22H19N3O2S. The number of aromatic nitrogens is 1. The van der Waals surface area contributed by atoms with Gasteiger partial charge < -0.3 is 10.2 Å². The maximum atomic E-state index is 12.4. The van der Waals surface area contributed by atoms with E-state index in [4.69, 9.17) is 0 Å². The van der Waals surface area contributed by atoms with E-state index in [9.17, 15) is 9.59 Å². The highest BCUT2D eigenvalue weighted by atomic mass is 32.2. The van der Waals surface area contributed by atoms with Gasteiger partial charge in [-0.05, 0) is 42.0 Å². The molecule has 0 bridgehead atoms. The summed E-state index contributed by atoms with van der Waals surface area (Å²) >= 11 is 1.57. The number of hydrogen-bond donors (Lipinski definition) is 1. The van der Waals surface area contributed by atoms with E-state index in [0.717, 1.165) is 21.8 Å². The molecule has 28 heavy (non-hydrogen) atoms. The van der Waals surface area contributed by atoms with Gasteiger partial charge in [0.15, 0.2) is 0 Å². The highest BCUT2D eigenvalue weighted by molar-refractivity contribution is 8.00. The lowest BCUT2D eigenvalue weighted by Crippen LogP contribution is -2.34. The number of rotatable bonds is 5. The van der Waals surface area contributed by atoms with Crippen molar-refractivity contribution in [1.29, 1.82) is 0 Å². The van der Waals surface area contributed by atoms with Crippen LogP contribution in [0, 0.1) is 0 Å². The maximum absolute atomic E-state index is 12.4. The van der Waals surface area contributed by atoms with Gasteiger partial charge in [-0.3, -0.25) is 14.6 Å². The number of amides is 2. The summed E-state index contributed by atoms with van der Waals surface area (Å²) in [6.07, 6.45) is 1.70. The lowest BCUT2D eigenvalue weighted by atomic mass is 10.1. The molecule has 0 radical (unpaired) electrons. The lowest BCUT2D eigenvalue weighted by molar-refractivity contribution is -0.116. The molecule has 1 aliphatic heterocycles. The molecule has 2 amide bonds. The fraction of sp³-hybridized carbons (Fsp3) is 0.136. The third-order valence-corrected chi connectivity index (χ3v) is 5.57. The molecule has 4 rings (SSSR count). The molecule has 1 aromatic heterocycles. The zero-order valence-corrected chi connectivity index (χ0v) is 16.0. The van der Waals surface area contributed by atoms with Crippen LogP contribution in [0.15, 0.2) is 77.8 Å². The first kappa shape index (κ1) is 18.3. The molecule has 140 valence electrons. The second kappa shape index (κ2) is 8.27. The van der Waals surface area contributed by atoms with Crippen molar-refractivity contribution in [2.45, 2.75) is 18.0 Å². The van der Waals surface area contributed by atoms with Crippen LogP contribution in [0.5, 0.6) is 0 Å². The fourth-order valence-corrected chi connectivity index (χ4v) is 3.98. The predicted octanol–water partition coefficient (Wildman–Crippen LogP) is 3.65. The number of fused-ring (bicyclic) bond motifs is 1. The van der Waals surface area contributed by atoms with E-state index in [1.54, 1.807) is 30.1 Å². The Kier molecular flexibility index (Phi) is 5.39. The normalized spacial score (nSPS) is 13.1. The lowest BCUT2D eigenvalue weighted by Gasteiger charge is -2.29. The molecule has 0 spiro atoms. The number of para-hydroxylation sites is 1. The predicted molar refractivity (Wildman–Crippen MR) is 110 cm³/mol. The van der Waals surface area contributed by atoms with E-state index < -0.39 is 0 Å². The summed E-state index contributed by atoms with van der Waals surface area (Å²) in [5, 5.41) is 2.87. The minimum Gasteiger partial charge on any atom is -0.346 e. The zero-order chi connectivity index (χ0) is 19.3. The first-order chi connectivity index (χ1) is 13.7. The van der Waals surface area contributed by atoms with Gasteiger partial charge in [0.25, 0.3) is 5.91 Å². The highest BCUT2D eigenvalue weighted by Gasteiger charge is 2.24. The molecule has 0 unspecified atom stereocenters. The number of pyridine rings is 1. The van der Waals surface area contributed by atoms with Crippen molar-refractivity contribution < 1.29 is 9.59 Å². The SMILES string of the molecule is O=C(NCc1ccccn1)c1ccc(CN2C(=O)CSc3ccccc32)cc1. The van der Waals surface area contributed by atoms with Gasteiger partial charge in [-0.15, -0.1) is 11.8 Å². The third-order valence-electron chi connectivity index (χ3n) is 4.52. The van der Waals surface area contributed by atoms with Gasteiger partial charge in [-0.1, -0.05) is 30.3 Å². The summed E-state index contributed by atoms with van der Waals surface area (Å²) in [5.41, 5.74) is 3.32. The van der Waals surface area contributed by atoms with Gasteiger partial charge in [0.1, 0.15) is 0 Å². The number of carbonyl (C=O) groups is 2. The van der Waals surface area contributed by atoms with Crippen LogP contribution < -0.4 is 10.2 Å². The molecule has 2 heterocycles. The fourth-order valence-electron chi connectivity index (χ4n) is 3.05. The van der Waals surface area contributed by atoms with Gasteiger partial charge in [-0.2, -0.15) is 0 Å². The second-order valence-electron chi connectivity index (χ2n) is 6.44. The van der Waals surface area contributed by atoms with E-state index in [1.165, 1.54) is 0 Å². The Morgan fingerprint density at radius 1 is 1.04 bits per heavy atom. The zero-order valence-electron chi connectivity index (χ0n) is 15.2. The second-order valence-corrected chi connectivity index (χ2v) is 7.45. The highest BCUT2D eigenvalue weighted by Crippen LogP contribution is 2.35. The molecule has 6 heteroatoms. The molecule has 1 aliphatic rings. The van der Waals surface area contributed by atoms with Crippen molar-refractivity contribution in [3.63, 3.8) is 0 Å². The van der Waals surface area contributed by atoms with Crippen molar-refractivity contribution in [1.82, 2.24) is 10.3 Å². The van der Waals surface area contributed by atoms with Crippen molar-refractivity contribution in [2.75, 3.05) is 10.7 Å². The van der Waals surface area contributed by atoms with E-state index in [1.807, 2.05) is 59.5 Å². The number of nitrogens with zero attached hydrogens (tertiary/aromatic N) is 2. The van der Waals surface area contributed by atoms with Crippen LogP contribution >= 0.6 is 11.8 Å².